The molecule has 0 aliphatic rings. The Morgan fingerprint density at radius 2 is 2.00 bits per heavy atom. The molecule has 0 bridgehead atoms. The van der Waals surface area contributed by atoms with Gasteiger partial charge in [-0.25, -0.2) is 4.79 Å². The molecule has 0 fully saturated rings. The highest BCUT2D eigenvalue weighted by molar-refractivity contribution is 6.02. The number of hydrogen-bond acceptors (Lipinski definition) is 2. The average molecular weight is 300 g/mol. The lowest BCUT2D eigenvalue weighted by atomic mass is 10.2. The highest BCUT2D eigenvalue weighted by Crippen LogP contribution is 2.11. The maximum atomic E-state index is 11.6. The van der Waals surface area contributed by atoms with Gasteiger partial charge in [-0.15, -0.1) is 12.4 Å². The quantitative estimate of drug-likeness (QED) is 0.490. The number of aliphatic imine (C=N–C) groups is 1. The zero-order valence-corrected chi connectivity index (χ0v) is 11.9. The molecule has 0 heterocycles. The smallest absolute Gasteiger partial charge is 0.319 e. The van der Waals surface area contributed by atoms with Crippen molar-refractivity contribution >= 4 is 36.0 Å². The van der Waals surface area contributed by atoms with Gasteiger partial charge in [-0.3, -0.25) is 4.79 Å². The van der Waals surface area contributed by atoms with Gasteiger partial charge in [0.1, 0.15) is 0 Å². The van der Waals surface area contributed by atoms with E-state index in [2.05, 4.69) is 15.6 Å². The summed E-state index contributed by atoms with van der Waals surface area (Å²) >= 11 is 0. The van der Waals surface area contributed by atoms with Crippen molar-refractivity contribution in [2.45, 2.75) is 13.3 Å². The summed E-state index contributed by atoms with van der Waals surface area (Å²) in [7, 11) is 0. The van der Waals surface area contributed by atoms with Crippen molar-refractivity contribution in [1.29, 1.82) is 0 Å². The topological polar surface area (TPSA) is 123 Å². The van der Waals surface area contributed by atoms with Gasteiger partial charge in [-0.1, -0.05) is 13.0 Å². The predicted molar refractivity (Wildman–Crippen MR) is 81.1 cm³/mol. The summed E-state index contributed by atoms with van der Waals surface area (Å²) in [6.45, 7) is 2.53. The summed E-state index contributed by atoms with van der Waals surface area (Å²) < 4.78 is 0. The summed E-state index contributed by atoms with van der Waals surface area (Å²) in [5.41, 5.74) is 11.0. The summed E-state index contributed by atoms with van der Waals surface area (Å²) in [4.78, 5) is 26.5. The summed E-state index contributed by atoms with van der Waals surface area (Å²) in [6.07, 6.45) is 0.844. The Kier molecular flexibility index (Phi) is 7.76. The Hall–Kier alpha value is -2.28. The lowest BCUT2D eigenvalue weighted by Gasteiger charge is -2.07. The van der Waals surface area contributed by atoms with Crippen LogP contribution in [0.1, 0.15) is 23.7 Å². The van der Waals surface area contributed by atoms with Crippen molar-refractivity contribution in [2.75, 3.05) is 11.9 Å². The van der Waals surface area contributed by atoms with E-state index in [0.29, 0.717) is 17.8 Å². The second-order valence-electron chi connectivity index (χ2n) is 3.80. The fraction of sp³-hybridized carbons (Fsp3) is 0.250. The maximum absolute atomic E-state index is 11.6. The number of halogens is 1. The van der Waals surface area contributed by atoms with Crippen LogP contribution in [-0.4, -0.2) is 24.4 Å². The minimum Gasteiger partial charge on any atom is -0.370 e. The molecule has 0 atom stereocenters. The van der Waals surface area contributed by atoms with Crippen LogP contribution >= 0.6 is 12.4 Å². The van der Waals surface area contributed by atoms with Gasteiger partial charge in [-0.05, 0) is 24.6 Å². The molecule has 0 aromatic heterocycles. The standard InChI is InChI=1S/C12H17N5O2.ClH/c1-2-6-15-12(19)16-9-5-3-4-8(7-9)10(18)17-11(13)14;/h3-5,7H,2,6H2,1H3,(H2,15,16,19)(H4,13,14,17,18);1H. The van der Waals surface area contributed by atoms with Crippen molar-refractivity contribution < 1.29 is 9.59 Å². The number of urea groups is 1. The van der Waals surface area contributed by atoms with Crippen LogP contribution in [0.2, 0.25) is 0 Å². The number of benzene rings is 1. The lowest BCUT2D eigenvalue weighted by molar-refractivity contribution is 0.100. The van der Waals surface area contributed by atoms with Crippen molar-refractivity contribution in [3.8, 4) is 0 Å². The number of rotatable bonds is 4. The minimum absolute atomic E-state index is 0. The third-order valence-corrected chi connectivity index (χ3v) is 2.13. The zero-order chi connectivity index (χ0) is 14.3. The van der Waals surface area contributed by atoms with Gasteiger partial charge in [0, 0.05) is 17.8 Å². The number of guanidine groups is 1. The second kappa shape index (κ2) is 8.76. The lowest BCUT2D eigenvalue weighted by Crippen LogP contribution is -2.29. The molecular formula is C12H18ClN5O2. The van der Waals surface area contributed by atoms with Crippen molar-refractivity contribution in [1.82, 2.24) is 5.32 Å². The van der Waals surface area contributed by atoms with Crippen molar-refractivity contribution in [2.24, 2.45) is 16.5 Å². The second-order valence-corrected chi connectivity index (χ2v) is 3.80. The SMILES string of the molecule is CCCNC(=O)Nc1cccc(C(=O)N=C(N)N)c1.Cl. The van der Waals surface area contributed by atoms with Crippen molar-refractivity contribution in [3.05, 3.63) is 29.8 Å². The van der Waals surface area contributed by atoms with Gasteiger partial charge in [0.25, 0.3) is 5.91 Å². The highest BCUT2D eigenvalue weighted by atomic mass is 35.5. The van der Waals surface area contributed by atoms with Gasteiger partial charge < -0.3 is 22.1 Å². The van der Waals surface area contributed by atoms with Crippen LogP contribution in [0.25, 0.3) is 0 Å². The number of nitrogens with two attached hydrogens (primary N) is 2. The third-order valence-electron chi connectivity index (χ3n) is 2.13. The Morgan fingerprint density at radius 3 is 2.60 bits per heavy atom. The average Bonchev–Trinajstić information content (AvgIpc) is 2.36. The van der Waals surface area contributed by atoms with Gasteiger partial charge in [0.15, 0.2) is 5.96 Å². The molecule has 0 spiro atoms. The Labute approximate surface area is 123 Å². The molecule has 110 valence electrons. The first-order valence-corrected chi connectivity index (χ1v) is 5.81. The predicted octanol–water partition coefficient (Wildman–Crippen LogP) is 1.05. The third kappa shape index (κ3) is 6.05. The first-order valence-electron chi connectivity index (χ1n) is 5.81. The van der Waals surface area contributed by atoms with E-state index in [4.69, 9.17) is 11.5 Å². The number of carbonyl (C=O) groups is 2. The molecular weight excluding hydrogens is 282 g/mol. The fourth-order valence-corrected chi connectivity index (χ4v) is 1.33. The van der Waals surface area contributed by atoms with Crippen LogP contribution in [0, 0.1) is 0 Å². The first-order chi connectivity index (χ1) is 9.02. The molecule has 0 saturated carbocycles. The molecule has 0 radical (unpaired) electrons. The van der Waals surface area contributed by atoms with Gasteiger partial charge in [0.2, 0.25) is 0 Å². The van der Waals surface area contributed by atoms with E-state index in [1.165, 1.54) is 6.07 Å². The van der Waals surface area contributed by atoms with E-state index in [-0.39, 0.29) is 24.4 Å². The molecule has 1 rings (SSSR count). The van der Waals surface area contributed by atoms with Crippen LogP contribution in [0.4, 0.5) is 10.5 Å². The monoisotopic (exact) mass is 299 g/mol. The maximum Gasteiger partial charge on any atom is 0.319 e. The summed E-state index contributed by atoms with van der Waals surface area (Å²) in [6, 6.07) is 6.03. The van der Waals surface area contributed by atoms with E-state index >= 15 is 0 Å². The molecule has 0 unspecified atom stereocenters. The molecule has 3 amide bonds. The van der Waals surface area contributed by atoms with Crippen molar-refractivity contribution in [3.63, 3.8) is 0 Å². The molecule has 6 N–H and O–H groups in total. The van der Waals surface area contributed by atoms with E-state index in [1.54, 1.807) is 18.2 Å². The van der Waals surface area contributed by atoms with Crippen LogP contribution in [0.5, 0.6) is 0 Å². The first kappa shape index (κ1) is 17.7. The zero-order valence-electron chi connectivity index (χ0n) is 11.1. The normalized spacial score (nSPS) is 9.05. The summed E-state index contributed by atoms with van der Waals surface area (Å²) in [5, 5.41) is 5.27. The van der Waals surface area contributed by atoms with Gasteiger partial charge >= 0.3 is 6.03 Å². The number of anilines is 1. The van der Waals surface area contributed by atoms with Crippen LogP contribution in [-0.2, 0) is 0 Å². The van der Waals surface area contributed by atoms with Gasteiger partial charge in [0.05, 0.1) is 0 Å². The minimum atomic E-state index is -0.558. The van der Waals surface area contributed by atoms with Crippen LogP contribution in [0.3, 0.4) is 0 Å². The molecule has 1 aromatic rings. The van der Waals surface area contributed by atoms with E-state index in [0.717, 1.165) is 6.42 Å². The Bertz CT molecular complexity index is 500. The van der Waals surface area contributed by atoms with Gasteiger partial charge in [-0.2, -0.15) is 4.99 Å². The molecule has 20 heavy (non-hydrogen) atoms. The molecule has 7 nitrogen and oxygen atoms in total. The largest absolute Gasteiger partial charge is 0.370 e. The van der Waals surface area contributed by atoms with Crippen LogP contribution < -0.4 is 22.1 Å². The van der Waals surface area contributed by atoms with E-state index in [1.807, 2.05) is 6.92 Å². The van der Waals surface area contributed by atoms with E-state index in [9.17, 15) is 9.59 Å². The summed E-state index contributed by atoms with van der Waals surface area (Å²) in [5.74, 6) is -0.860. The molecule has 1 aromatic carbocycles. The molecule has 0 aliphatic carbocycles. The molecule has 0 aliphatic heterocycles. The van der Waals surface area contributed by atoms with Crippen LogP contribution in [0.15, 0.2) is 29.3 Å². The highest BCUT2D eigenvalue weighted by Gasteiger charge is 2.06. The number of nitrogens with zero attached hydrogens (tertiary/aromatic N) is 1. The number of hydrogen-bond donors (Lipinski definition) is 4. The molecule has 0 saturated heterocycles. The van der Waals surface area contributed by atoms with E-state index < -0.39 is 5.91 Å². The Balaban J connectivity index is 0.00000361. The number of nitrogens with one attached hydrogen (secondary N) is 2. The number of carbonyl (C=O) groups excluding carboxylic acids is 2. The Morgan fingerprint density at radius 1 is 1.30 bits per heavy atom. The number of amides is 3. The fourth-order valence-electron chi connectivity index (χ4n) is 1.33. The molecule has 8 heteroatoms.